The van der Waals surface area contributed by atoms with Crippen LogP contribution in [0.25, 0.3) is 0 Å². The van der Waals surface area contributed by atoms with Gasteiger partial charge in [-0.2, -0.15) is 5.48 Å². The normalized spacial score (nSPS) is 15.7. The molecule has 0 spiro atoms. The Labute approximate surface area is 122 Å². The zero-order valence-corrected chi connectivity index (χ0v) is 12.6. The molecule has 0 amide bonds. The van der Waals surface area contributed by atoms with Gasteiger partial charge in [0.25, 0.3) is 0 Å². The van der Waals surface area contributed by atoms with E-state index in [-0.39, 0.29) is 0 Å². The quantitative estimate of drug-likeness (QED) is 0.541. The minimum Gasteiger partial charge on any atom is -0.494 e. The number of rotatable bonds is 9. The molecule has 2 rings (SSSR count). The molecule has 0 aromatic heterocycles. The van der Waals surface area contributed by atoms with Crippen LogP contribution in [0.15, 0.2) is 24.3 Å². The van der Waals surface area contributed by atoms with E-state index in [2.05, 4.69) is 24.5 Å². The minimum absolute atomic E-state index is 0.413. The number of hydrogen-bond donors (Lipinski definition) is 1. The number of nitrogens with one attached hydrogen (secondary N) is 1. The van der Waals surface area contributed by atoms with Gasteiger partial charge in [0.2, 0.25) is 0 Å². The molecule has 0 bridgehead atoms. The van der Waals surface area contributed by atoms with Crippen molar-refractivity contribution < 1.29 is 9.57 Å². The fourth-order valence-electron chi connectivity index (χ4n) is 2.49. The lowest BCUT2D eigenvalue weighted by atomic mass is 10.2. The van der Waals surface area contributed by atoms with Gasteiger partial charge < -0.3 is 4.74 Å². The standard InChI is InChI=1S/C17H27NO2/c1-2-3-6-13-19-16-11-9-15(10-12-16)14-18-20-17-7-4-5-8-17/h9-12,17-18H,2-8,13-14H2,1H3. The lowest BCUT2D eigenvalue weighted by Crippen LogP contribution is -2.21. The molecule has 0 unspecified atom stereocenters. The molecule has 0 radical (unpaired) electrons. The highest BCUT2D eigenvalue weighted by atomic mass is 16.7. The van der Waals surface area contributed by atoms with Crippen LogP contribution in [0.3, 0.4) is 0 Å². The predicted molar refractivity (Wildman–Crippen MR) is 81.6 cm³/mol. The van der Waals surface area contributed by atoms with Crippen molar-refractivity contribution in [3.63, 3.8) is 0 Å². The van der Waals surface area contributed by atoms with Crippen LogP contribution in [0, 0.1) is 0 Å². The summed E-state index contributed by atoms with van der Waals surface area (Å²) in [6.45, 7) is 3.78. The van der Waals surface area contributed by atoms with Gasteiger partial charge in [-0.05, 0) is 37.0 Å². The third-order valence-corrected chi connectivity index (χ3v) is 3.77. The molecule has 1 aromatic carbocycles. The Hall–Kier alpha value is -1.06. The molecule has 1 aliphatic carbocycles. The SMILES string of the molecule is CCCCCOc1ccc(CNOC2CCCC2)cc1. The molecule has 1 aliphatic rings. The van der Waals surface area contributed by atoms with Crippen LogP contribution < -0.4 is 10.2 Å². The maximum Gasteiger partial charge on any atom is 0.119 e. The van der Waals surface area contributed by atoms with Crippen LogP contribution in [0.5, 0.6) is 5.75 Å². The minimum atomic E-state index is 0.413. The van der Waals surface area contributed by atoms with E-state index in [1.165, 1.54) is 44.1 Å². The fraction of sp³-hybridized carbons (Fsp3) is 0.647. The molecule has 0 aliphatic heterocycles. The Morgan fingerprint density at radius 3 is 2.55 bits per heavy atom. The maximum absolute atomic E-state index is 5.70. The van der Waals surface area contributed by atoms with Crippen molar-refractivity contribution in [1.29, 1.82) is 0 Å². The van der Waals surface area contributed by atoms with Crippen LogP contribution in [0.4, 0.5) is 0 Å². The monoisotopic (exact) mass is 277 g/mol. The molecule has 112 valence electrons. The highest BCUT2D eigenvalue weighted by Crippen LogP contribution is 2.20. The molecule has 1 fully saturated rings. The van der Waals surface area contributed by atoms with Crippen LogP contribution in [0.2, 0.25) is 0 Å². The van der Waals surface area contributed by atoms with E-state index in [1.807, 2.05) is 12.1 Å². The third-order valence-electron chi connectivity index (χ3n) is 3.77. The van der Waals surface area contributed by atoms with Crippen molar-refractivity contribution in [3.8, 4) is 5.75 Å². The van der Waals surface area contributed by atoms with Crippen molar-refractivity contribution in [2.45, 2.75) is 64.5 Å². The summed E-state index contributed by atoms with van der Waals surface area (Å²) in [6.07, 6.45) is 9.00. The first-order valence-corrected chi connectivity index (χ1v) is 7.98. The summed E-state index contributed by atoms with van der Waals surface area (Å²) in [5, 5.41) is 0. The molecule has 0 heterocycles. The predicted octanol–water partition coefficient (Wildman–Crippen LogP) is 4.22. The molecule has 3 nitrogen and oxygen atoms in total. The Kier molecular flexibility index (Phi) is 6.89. The van der Waals surface area contributed by atoms with Crippen LogP contribution in [0.1, 0.15) is 57.4 Å². The molecule has 20 heavy (non-hydrogen) atoms. The summed E-state index contributed by atoms with van der Waals surface area (Å²) < 4.78 is 5.70. The first-order valence-electron chi connectivity index (χ1n) is 7.98. The Morgan fingerprint density at radius 2 is 1.85 bits per heavy atom. The molecule has 3 heteroatoms. The highest BCUT2D eigenvalue weighted by molar-refractivity contribution is 5.27. The lowest BCUT2D eigenvalue weighted by molar-refractivity contribution is -0.0244. The summed E-state index contributed by atoms with van der Waals surface area (Å²) in [4.78, 5) is 5.65. The Morgan fingerprint density at radius 1 is 1.10 bits per heavy atom. The second-order valence-electron chi connectivity index (χ2n) is 5.54. The van der Waals surface area contributed by atoms with E-state index < -0.39 is 0 Å². The van der Waals surface area contributed by atoms with E-state index in [0.29, 0.717) is 6.10 Å². The second kappa shape index (κ2) is 8.98. The van der Waals surface area contributed by atoms with Crippen molar-refractivity contribution in [2.24, 2.45) is 0 Å². The number of unbranched alkanes of at least 4 members (excludes halogenated alkanes) is 2. The molecule has 0 saturated heterocycles. The molecule has 0 atom stereocenters. The maximum atomic E-state index is 5.70. The average Bonchev–Trinajstić information content (AvgIpc) is 2.98. The van der Waals surface area contributed by atoms with E-state index in [0.717, 1.165) is 25.3 Å². The summed E-state index contributed by atoms with van der Waals surface area (Å²) in [5.74, 6) is 0.960. The topological polar surface area (TPSA) is 30.5 Å². The Bertz CT molecular complexity index is 358. The molecular weight excluding hydrogens is 250 g/mol. The van der Waals surface area contributed by atoms with E-state index in [4.69, 9.17) is 9.57 Å². The summed E-state index contributed by atoms with van der Waals surface area (Å²) >= 11 is 0. The Balaban J connectivity index is 1.63. The molecular formula is C17H27NO2. The largest absolute Gasteiger partial charge is 0.494 e. The molecule has 1 saturated carbocycles. The van der Waals surface area contributed by atoms with Crippen molar-refractivity contribution in [3.05, 3.63) is 29.8 Å². The number of hydrogen-bond acceptors (Lipinski definition) is 3. The van der Waals surface area contributed by atoms with Gasteiger partial charge in [-0.25, -0.2) is 0 Å². The summed E-state index contributed by atoms with van der Waals surface area (Å²) in [6, 6.07) is 8.28. The van der Waals surface area contributed by atoms with Gasteiger partial charge in [-0.1, -0.05) is 44.7 Å². The van der Waals surface area contributed by atoms with Gasteiger partial charge in [0.05, 0.1) is 12.7 Å². The van der Waals surface area contributed by atoms with Gasteiger partial charge in [0.15, 0.2) is 0 Å². The fourth-order valence-corrected chi connectivity index (χ4v) is 2.49. The van der Waals surface area contributed by atoms with Gasteiger partial charge in [0.1, 0.15) is 5.75 Å². The van der Waals surface area contributed by atoms with E-state index in [9.17, 15) is 0 Å². The van der Waals surface area contributed by atoms with Gasteiger partial charge >= 0.3 is 0 Å². The smallest absolute Gasteiger partial charge is 0.119 e. The van der Waals surface area contributed by atoms with E-state index >= 15 is 0 Å². The average molecular weight is 277 g/mol. The van der Waals surface area contributed by atoms with Crippen LogP contribution >= 0.6 is 0 Å². The third kappa shape index (κ3) is 5.51. The number of ether oxygens (including phenoxy) is 1. The first kappa shape index (κ1) is 15.3. The van der Waals surface area contributed by atoms with Gasteiger partial charge in [0, 0.05) is 6.54 Å². The van der Waals surface area contributed by atoms with Gasteiger partial charge in [-0.3, -0.25) is 4.84 Å². The highest BCUT2D eigenvalue weighted by Gasteiger charge is 2.15. The summed E-state index contributed by atoms with van der Waals surface area (Å²) in [5.41, 5.74) is 4.31. The number of hydroxylamine groups is 1. The van der Waals surface area contributed by atoms with Gasteiger partial charge in [-0.15, -0.1) is 0 Å². The van der Waals surface area contributed by atoms with Crippen molar-refractivity contribution >= 4 is 0 Å². The van der Waals surface area contributed by atoms with Crippen LogP contribution in [-0.4, -0.2) is 12.7 Å². The number of benzene rings is 1. The molecule has 1 N–H and O–H groups in total. The summed E-state index contributed by atoms with van der Waals surface area (Å²) in [7, 11) is 0. The zero-order valence-electron chi connectivity index (χ0n) is 12.6. The van der Waals surface area contributed by atoms with E-state index in [1.54, 1.807) is 0 Å². The molecule has 1 aromatic rings. The first-order chi connectivity index (χ1) is 9.88. The van der Waals surface area contributed by atoms with Crippen LogP contribution in [-0.2, 0) is 11.4 Å². The zero-order chi connectivity index (χ0) is 14.0. The second-order valence-corrected chi connectivity index (χ2v) is 5.54. The van der Waals surface area contributed by atoms with Crippen molar-refractivity contribution in [1.82, 2.24) is 5.48 Å². The van der Waals surface area contributed by atoms with Crippen molar-refractivity contribution in [2.75, 3.05) is 6.61 Å². The lowest BCUT2D eigenvalue weighted by Gasteiger charge is -2.12.